The van der Waals surface area contributed by atoms with Gasteiger partial charge >= 0.3 is 0 Å². The normalized spacial score (nSPS) is 23.4. The Morgan fingerprint density at radius 1 is 1.40 bits per heavy atom. The summed E-state index contributed by atoms with van der Waals surface area (Å²) in [5, 5.41) is 6.64. The van der Waals surface area contributed by atoms with Gasteiger partial charge in [0.15, 0.2) is 5.96 Å². The zero-order chi connectivity index (χ0) is 14.8. The van der Waals surface area contributed by atoms with E-state index in [-0.39, 0.29) is 0 Å². The lowest BCUT2D eigenvalue weighted by molar-refractivity contribution is 0.114. The third-order valence-corrected chi connectivity index (χ3v) is 4.73. The quantitative estimate of drug-likeness (QED) is 0.411. The van der Waals surface area contributed by atoms with Crippen LogP contribution in [0.5, 0.6) is 0 Å². The Labute approximate surface area is 128 Å². The van der Waals surface area contributed by atoms with E-state index >= 15 is 0 Å². The van der Waals surface area contributed by atoms with Gasteiger partial charge in [-0.1, -0.05) is 13.8 Å². The Bertz CT molecular complexity index is 289. The lowest BCUT2D eigenvalue weighted by atomic mass is 10.1. The number of nitrogens with one attached hydrogen (secondary N) is 2. The Balaban J connectivity index is 2.27. The molecule has 4 nitrogen and oxygen atoms in total. The second kappa shape index (κ2) is 9.50. The van der Waals surface area contributed by atoms with Crippen molar-refractivity contribution in [3.05, 3.63) is 0 Å². The molecule has 1 fully saturated rings. The maximum atomic E-state index is 5.57. The van der Waals surface area contributed by atoms with E-state index in [0.29, 0.717) is 10.7 Å². The Hall–Kier alpha value is -0.420. The molecule has 0 bridgehead atoms. The highest BCUT2D eigenvalue weighted by molar-refractivity contribution is 8.00. The Morgan fingerprint density at radius 3 is 2.80 bits per heavy atom. The number of hydrogen-bond acceptors (Lipinski definition) is 3. The molecule has 1 saturated heterocycles. The van der Waals surface area contributed by atoms with Gasteiger partial charge in [0, 0.05) is 24.4 Å². The van der Waals surface area contributed by atoms with Gasteiger partial charge in [0.25, 0.3) is 0 Å². The fourth-order valence-corrected chi connectivity index (χ4v) is 3.34. The molecule has 0 radical (unpaired) electrons. The van der Waals surface area contributed by atoms with E-state index < -0.39 is 0 Å². The molecule has 20 heavy (non-hydrogen) atoms. The molecule has 118 valence electrons. The van der Waals surface area contributed by atoms with E-state index in [1.807, 2.05) is 0 Å². The first-order valence-corrected chi connectivity index (χ1v) is 8.78. The van der Waals surface area contributed by atoms with Gasteiger partial charge in [-0.15, -0.1) is 0 Å². The van der Waals surface area contributed by atoms with Gasteiger partial charge in [0.05, 0.1) is 13.2 Å². The van der Waals surface area contributed by atoms with Crippen LogP contribution in [0.4, 0.5) is 0 Å². The van der Waals surface area contributed by atoms with E-state index in [2.05, 4.69) is 50.1 Å². The minimum atomic E-state index is 0.330. The average molecular weight is 302 g/mol. The highest BCUT2D eigenvalue weighted by Crippen LogP contribution is 2.37. The van der Waals surface area contributed by atoms with Crippen LogP contribution in [0.3, 0.4) is 0 Å². The van der Waals surface area contributed by atoms with Crippen LogP contribution in [-0.4, -0.2) is 49.3 Å². The summed E-state index contributed by atoms with van der Waals surface area (Å²) in [5.41, 5.74) is 0. The Kier molecular flexibility index (Phi) is 8.38. The highest BCUT2D eigenvalue weighted by Gasteiger charge is 2.29. The van der Waals surface area contributed by atoms with Crippen molar-refractivity contribution in [3.63, 3.8) is 0 Å². The maximum Gasteiger partial charge on any atom is 0.191 e. The minimum Gasteiger partial charge on any atom is -0.379 e. The minimum absolute atomic E-state index is 0.330. The van der Waals surface area contributed by atoms with Crippen molar-refractivity contribution < 1.29 is 4.74 Å². The van der Waals surface area contributed by atoms with Gasteiger partial charge in [0.1, 0.15) is 0 Å². The molecule has 0 saturated carbocycles. The van der Waals surface area contributed by atoms with Crippen molar-refractivity contribution in [2.24, 2.45) is 10.9 Å². The number of hydrogen-bond donors (Lipinski definition) is 2. The maximum absolute atomic E-state index is 5.57. The lowest BCUT2D eigenvalue weighted by Crippen LogP contribution is -2.40. The van der Waals surface area contributed by atoms with E-state index in [0.717, 1.165) is 38.8 Å². The summed E-state index contributed by atoms with van der Waals surface area (Å²) in [6.07, 6.45) is 2.60. The molecule has 1 rings (SSSR count). The molecule has 5 heteroatoms. The highest BCUT2D eigenvalue weighted by atomic mass is 32.2. The van der Waals surface area contributed by atoms with Crippen molar-refractivity contribution in [3.8, 4) is 0 Å². The van der Waals surface area contributed by atoms with Crippen LogP contribution in [0, 0.1) is 5.92 Å². The molecule has 0 aromatic heterocycles. The number of thioether (sulfide) groups is 1. The number of guanidine groups is 1. The smallest absolute Gasteiger partial charge is 0.191 e. The molecule has 2 N–H and O–H groups in total. The largest absolute Gasteiger partial charge is 0.379 e. The molecule has 0 aromatic carbocycles. The number of ether oxygens (including phenoxy) is 1. The van der Waals surface area contributed by atoms with E-state index in [1.54, 1.807) is 0 Å². The summed E-state index contributed by atoms with van der Waals surface area (Å²) >= 11 is 2.05. The van der Waals surface area contributed by atoms with Crippen LogP contribution in [0.1, 0.15) is 40.5 Å². The van der Waals surface area contributed by atoms with E-state index in [1.165, 1.54) is 18.6 Å². The van der Waals surface area contributed by atoms with Gasteiger partial charge in [-0.3, -0.25) is 4.99 Å². The lowest BCUT2D eigenvalue weighted by Gasteiger charge is -2.21. The summed E-state index contributed by atoms with van der Waals surface area (Å²) in [6.45, 7) is 12.9. The van der Waals surface area contributed by atoms with Gasteiger partial charge in [0.2, 0.25) is 0 Å². The summed E-state index contributed by atoms with van der Waals surface area (Å²) in [7, 11) is 0. The second-order valence-corrected chi connectivity index (χ2v) is 7.68. The number of nitrogens with zero attached hydrogens (tertiary/aromatic N) is 1. The Morgan fingerprint density at radius 2 is 2.20 bits per heavy atom. The molecule has 1 aliphatic rings. The molecule has 1 unspecified atom stereocenters. The predicted octanol–water partition coefficient (Wildman–Crippen LogP) is 2.50. The fourth-order valence-electron chi connectivity index (χ4n) is 2.11. The standard InChI is InChI=1S/C15H31N3OS/c1-5-16-14(17-8-9-19-11-13(2)3)18-12-15(4)7-6-10-20-15/h13H,5-12H2,1-4H3,(H2,16,17,18). The molecule has 1 atom stereocenters. The zero-order valence-corrected chi connectivity index (χ0v) is 14.3. The summed E-state index contributed by atoms with van der Waals surface area (Å²) in [4.78, 5) is 4.72. The third-order valence-electron chi connectivity index (χ3n) is 3.21. The van der Waals surface area contributed by atoms with Crippen LogP contribution in [-0.2, 0) is 4.74 Å². The van der Waals surface area contributed by atoms with E-state index in [4.69, 9.17) is 9.73 Å². The summed E-state index contributed by atoms with van der Waals surface area (Å²) < 4.78 is 5.90. The fraction of sp³-hybridized carbons (Fsp3) is 0.933. The van der Waals surface area contributed by atoms with Crippen LogP contribution in [0.15, 0.2) is 4.99 Å². The van der Waals surface area contributed by atoms with Gasteiger partial charge < -0.3 is 15.4 Å². The predicted molar refractivity (Wildman–Crippen MR) is 89.7 cm³/mol. The van der Waals surface area contributed by atoms with Crippen molar-refractivity contribution in [2.75, 3.05) is 38.6 Å². The van der Waals surface area contributed by atoms with Gasteiger partial charge in [-0.2, -0.15) is 11.8 Å². The SMILES string of the molecule is CCNC(=NCC1(C)CCCS1)NCCOCC(C)C. The van der Waals surface area contributed by atoms with Gasteiger partial charge in [-0.05, 0) is 38.4 Å². The van der Waals surface area contributed by atoms with Crippen LogP contribution in [0.2, 0.25) is 0 Å². The second-order valence-electron chi connectivity index (χ2n) is 5.99. The molecular formula is C15H31N3OS. The number of rotatable bonds is 8. The topological polar surface area (TPSA) is 45.7 Å². The van der Waals surface area contributed by atoms with Crippen molar-refractivity contribution in [1.29, 1.82) is 0 Å². The first-order chi connectivity index (χ1) is 9.56. The van der Waals surface area contributed by atoms with Crippen LogP contribution >= 0.6 is 11.8 Å². The third kappa shape index (κ3) is 7.39. The van der Waals surface area contributed by atoms with Gasteiger partial charge in [-0.25, -0.2) is 0 Å². The summed E-state index contributed by atoms with van der Waals surface area (Å²) in [5.74, 6) is 2.78. The molecule has 1 aliphatic heterocycles. The van der Waals surface area contributed by atoms with E-state index in [9.17, 15) is 0 Å². The average Bonchev–Trinajstić information content (AvgIpc) is 2.82. The van der Waals surface area contributed by atoms with Crippen molar-refractivity contribution >= 4 is 17.7 Å². The molecule has 0 aromatic rings. The first-order valence-electron chi connectivity index (χ1n) is 7.79. The van der Waals surface area contributed by atoms with Crippen molar-refractivity contribution in [2.45, 2.75) is 45.3 Å². The molecule has 0 amide bonds. The molecule has 0 spiro atoms. The first kappa shape index (κ1) is 17.6. The summed E-state index contributed by atoms with van der Waals surface area (Å²) in [6, 6.07) is 0. The monoisotopic (exact) mass is 301 g/mol. The van der Waals surface area contributed by atoms with Crippen LogP contribution in [0.25, 0.3) is 0 Å². The molecule has 1 heterocycles. The zero-order valence-electron chi connectivity index (χ0n) is 13.5. The molecule has 0 aliphatic carbocycles. The van der Waals surface area contributed by atoms with Crippen molar-refractivity contribution in [1.82, 2.24) is 10.6 Å². The van der Waals surface area contributed by atoms with Crippen LogP contribution < -0.4 is 10.6 Å². The number of aliphatic imine (C=N–C) groups is 1. The molecular weight excluding hydrogens is 270 g/mol.